The monoisotopic (exact) mass is 218 g/mol. The minimum Gasteiger partial charge on any atom is -0.316 e. The van der Waals surface area contributed by atoms with Gasteiger partial charge in [0.15, 0.2) is 0 Å². The Morgan fingerprint density at radius 1 is 1.50 bits per heavy atom. The minimum absolute atomic E-state index is 0.00722. The summed E-state index contributed by atoms with van der Waals surface area (Å²) in [4.78, 5) is 11.7. The predicted octanol–water partition coefficient (Wildman–Crippen LogP) is 0.175. The van der Waals surface area contributed by atoms with Gasteiger partial charge in [-0.3, -0.25) is 9.89 Å². The lowest BCUT2D eigenvalue weighted by Crippen LogP contribution is -2.17. The number of aromatic nitrogens is 3. The summed E-state index contributed by atoms with van der Waals surface area (Å²) < 4.78 is 1.66. The molecule has 0 radical (unpaired) electrons. The van der Waals surface area contributed by atoms with Crippen molar-refractivity contribution < 1.29 is 0 Å². The predicted molar refractivity (Wildman–Crippen MR) is 60.5 cm³/mol. The van der Waals surface area contributed by atoms with Crippen molar-refractivity contribution in [1.29, 1.82) is 0 Å². The second kappa shape index (κ2) is 3.75. The number of hydrogen-bond donors (Lipinski definition) is 2. The van der Waals surface area contributed by atoms with E-state index in [2.05, 4.69) is 15.5 Å². The molecule has 1 aliphatic heterocycles. The van der Waals surface area contributed by atoms with E-state index in [0.29, 0.717) is 5.92 Å². The molecule has 0 saturated carbocycles. The first kappa shape index (κ1) is 9.59. The molecule has 1 aliphatic rings. The van der Waals surface area contributed by atoms with Crippen LogP contribution in [0.2, 0.25) is 0 Å². The normalized spacial score (nSPS) is 20.6. The van der Waals surface area contributed by atoms with E-state index in [4.69, 9.17) is 0 Å². The SMILES string of the molecule is O=c1cccc2[nH]nc(CC3CCNC3)n12. The van der Waals surface area contributed by atoms with Crippen molar-refractivity contribution in [1.82, 2.24) is 19.9 Å². The maximum atomic E-state index is 11.7. The quantitative estimate of drug-likeness (QED) is 0.755. The lowest BCUT2D eigenvalue weighted by molar-refractivity contribution is 0.557. The van der Waals surface area contributed by atoms with Crippen LogP contribution in [0.1, 0.15) is 12.2 Å². The van der Waals surface area contributed by atoms with Gasteiger partial charge in [0, 0.05) is 12.5 Å². The Bertz CT molecular complexity index is 550. The van der Waals surface area contributed by atoms with Crippen LogP contribution in [0, 0.1) is 5.92 Å². The molecule has 84 valence electrons. The number of pyridine rings is 1. The largest absolute Gasteiger partial charge is 0.316 e. The number of nitrogens with one attached hydrogen (secondary N) is 2. The zero-order valence-electron chi connectivity index (χ0n) is 8.94. The van der Waals surface area contributed by atoms with Crippen LogP contribution >= 0.6 is 0 Å². The van der Waals surface area contributed by atoms with Gasteiger partial charge in [-0.15, -0.1) is 0 Å². The summed E-state index contributed by atoms with van der Waals surface area (Å²) in [7, 11) is 0. The second-order valence-electron chi connectivity index (χ2n) is 4.29. The van der Waals surface area contributed by atoms with E-state index in [1.807, 2.05) is 6.07 Å². The van der Waals surface area contributed by atoms with Crippen LogP contribution < -0.4 is 10.9 Å². The third-order valence-corrected chi connectivity index (χ3v) is 3.15. The molecule has 5 nitrogen and oxygen atoms in total. The summed E-state index contributed by atoms with van der Waals surface area (Å²) in [5, 5.41) is 10.4. The molecule has 0 aromatic carbocycles. The van der Waals surface area contributed by atoms with Crippen LogP contribution in [-0.2, 0) is 6.42 Å². The standard InChI is InChI=1S/C11H14N4O/c16-11-3-1-2-9-13-14-10(15(9)11)6-8-4-5-12-7-8/h1-3,8,12-13H,4-7H2. The van der Waals surface area contributed by atoms with Gasteiger partial charge >= 0.3 is 0 Å². The number of fused-ring (bicyclic) bond motifs is 1. The number of rotatable bonds is 2. The Balaban J connectivity index is 2.00. The van der Waals surface area contributed by atoms with Gasteiger partial charge in [-0.1, -0.05) is 6.07 Å². The average Bonchev–Trinajstić information content (AvgIpc) is 2.90. The number of H-pyrrole nitrogens is 1. The van der Waals surface area contributed by atoms with E-state index in [1.54, 1.807) is 16.5 Å². The van der Waals surface area contributed by atoms with E-state index in [-0.39, 0.29) is 5.56 Å². The number of hydrogen-bond acceptors (Lipinski definition) is 3. The van der Waals surface area contributed by atoms with E-state index in [1.165, 1.54) is 0 Å². The van der Waals surface area contributed by atoms with E-state index in [9.17, 15) is 4.79 Å². The van der Waals surface area contributed by atoms with Crippen molar-refractivity contribution in [2.75, 3.05) is 13.1 Å². The van der Waals surface area contributed by atoms with Gasteiger partial charge in [0.25, 0.3) is 5.56 Å². The van der Waals surface area contributed by atoms with E-state index >= 15 is 0 Å². The summed E-state index contributed by atoms with van der Waals surface area (Å²) in [5.74, 6) is 1.44. The second-order valence-corrected chi connectivity index (χ2v) is 4.29. The van der Waals surface area contributed by atoms with Crippen LogP contribution in [-0.4, -0.2) is 27.7 Å². The molecule has 1 atom stereocenters. The van der Waals surface area contributed by atoms with Crippen molar-refractivity contribution >= 4 is 5.65 Å². The molecular formula is C11H14N4O. The highest BCUT2D eigenvalue weighted by molar-refractivity contribution is 5.37. The molecular weight excluding hydrogens is 204 g/mol. The highest BCUT2D eigenvalue weighted by Crippen LogP contribution is 2.13. The first-order valence-electron chi connectivity index (χ1n) is 5.60. The summed E-state index contributed by atoms with van der Waals surface area (Å²) in [5.41, 5.74) is 0.765. The van der Waals surface area contributed by atoms with Gasteiger partial charge in [-0.2, -0.15) is 5.10 Å². The lowest BCUT2D eigenvalue weighted by Gasteiger charge is -2.05. The number of nitrogens with zero attached hydrogens (tertiary/aromatic N) is 2. The van der Waals surface area contributed by atoms with E-state index in [0.717, 1.165) is 37.4 Å². The van der Waals surface area contributed by atoms with Crippen molar-refractivity contribution in [3.63, 3.8) is 0 Å². The molecule has 3 heterocycles. The van der Waals surface area contributed by atoms with Crippen molar-refractivity contribution in [3.05, 3.63) is 34.4 Å². The maximum Gasteiger partial charge on any atom is 0.257 e. The third-order valence-electron chi connectivity index (χ3n) is 3.15. The fourth-order valence-electron chi connectivity index (χ4n) is 2.30. The Kier molecular flexibility index (Phi) is 2.25. The van der Waals surface area contributed by atoms with Crippen LogP contribution in [0.25, 0.3) is 5.65 Å². The molecule has 2 aromatic rings. The van der Waals surface area contributed by atoms with E-state index < -0.39 is 0 Å². The smallest absolute Gasteiger partial charge is 0.257 e. The molecule has 0 bridgehead atoms. The molecule has 1 saturated heterocycles. The Labute approximate surface area is 92.5 Å². The van der Waals surface area contributed by atoms with Gasteiger partial charge in [0.1, 0.15) is 11.5 Å². The molecule has 0 spiro atoms. The topological polar surface area (TPSA) is 62.2 Å². The Hall–Kier alpha value is -1.62. The molecule has 2 N–H and O–H groups in total. The first-order valence-corrected chi connectivity index (χ1v) is 5.60. The fourth-order valence-corrected chi connectivity index (χ4v) is 2.30. The third kappa shape index (κ3) is 1.53. The van der Waals surface area contributed by atoms with Crippen LogP contribution in [0.3, 0.4) is 0 Å². The Morgan fingerprint density at radius 3 is 3.25 bits per heavy atom. The molecule has 1 fully saturated rings. The van der Waals surface area contributed by atoms with Gasteiger partial charge in [0.2, 0.25) is 0 Å². The summed E-state index contributed by atoms with van der Waals surface area (Å²) in [6.07, 6.45) is 2.02. The number of aromatic amines is 1. The van der Waals surface area contributed by atoms with Crippen molar-refractivity contribution in [2.24, 2.45) is 5.92 Å². The van der Waals surface area contributed by atoms with Crippen LogP contribution in [0.4, 0.5) is 0 Å². The van der Waals surface area contributed by atoms with Crippen molar-refractivity contribution in [2.45, 2.75) is 12.8 Å². The highest BCUT2D eigenvalue weighted by Gasteiger charge is 2.18. The van der Waals surface area contributed by atoms with Crippen molar-refractivity contribution in [3.8, 4) is 0 Å². The summed E-state index contributed by atoms with van der Waals surface area (Å²) in [6, 6.07) is 5.18. The van der Waals surface area contributed by atoms with Crippen LogP contribution in [0.15, 0.2) is 23.0 Å². The summed E-state index contributed by atoms with van der Waals surface area (Å²) in [6.45, 7) is 2.10. The maximum absolute atomic E-state index is 11.7. The minimum atomic E-state index is -0.00722. The fraction of sp³-hybridized carbons (Fsp3) is 0.455. The Morgan fingerprint density at radius 2 is 2.44 bits per heavy atom. The molecule has 2 aromatic heterocycles. The molecule has 0 amide bonds. The zero-order chi connectivity index (χ0) is 11.0. The molecule has 0 aliphatic carbocycles. The van der Waals surface area contributed by atoms with Crippen LogP contribution in [0.5, 0.6) is 0 Å². The van der Waals surface area contributed by atoms with Gasteiger partial charge in [-0.25, -0.2) is 4.40 Å². The van der Waals surface area contributed by atoms with Gasteiger partial charge in [-0.05, 0) is 31.5 Å². The lowest BCUT2D eigenvalue weighted by atomic mass is 10.1. The highest BCUT2D eigenvalue weighted by atomic mass is 16.1. The summed E-state index contributed by atoms with van der Waals surface area (Å²) >= 11 is 0. The zero-order valence-corrected chi connectivity index (χ0v) is 8.94. The van der Waals surface area contributed by atoms with Gasteiger partial charge < -0.3 is 5.32 Å². The van der Waals surface area contributed by atoms with Gasteiger partial charge in [0.05, 0.1) is 0 Å². The average molecular weight is 218 g/mol. The molecule has 16 heavy (non-hydrogen) atoms. The molecule has 5 heteroatoms. The first-order chi connectivity index (χ1) is 7.84. The molecule has 3 rings (SSSR count). The molecule has 1 unspecified atom stereocenters.